The maximum Gasteiger partial charge on any atom is 0.338 e. The summed E-state index contributed by atoms with van der Waals surface area (Å²) >= 11 is 5.91. The molecule has 0 bridgehead atoms. The van der Waals surface area contributed by atoms with E-state index in [-0.39, 0.29) is 22.8 Å². The fourth-order valence-electron chi connectivity index (χ4n) is 2.33. The number of carbonyl (C=O) groups excluding carboxylic acids is 1. The summed E-state index contributed by atoms with van der Waals surface area (Å²) in [6, 6.07) is 11.1. The first-order valence-corrected chi connectivity index (χ1v) is 10.0. The Morgan fingerprint density at radius 3 is 2.44 bits per heavy atom. The lowest BCUT2D eigenvalue weighted by molar-refractivity contribution is 0.0472. The van der Waals surface area contributed by atoms with Crippen molar-refractivity contribution >= 4 is 27.6 Å². The van der Waals surface area contributed by atoms with Crippen molar-refractivity contribution in [3.05, 3.63) is 58.6 Å². The van der Waals surface area contributed by atoms with E-state index in [1.807, 2.05) is 0 Å². The van der Waals surface area contributed by atoms with Gasteiger partial charge in [0, 0.05) is 10.6 Å². The number of nitrogens with one attached hydrogen (secondary N) is 1. The van der Waals surface area contributed by atoms with Gasteiger partial charge in [0.1, 0.15) is 17.3 Å². The number of methoxy groups -OCH3 is 1. The van der Waals surface area contributed by atoms with Crippen LogP contribution in [0.5, 0.6) is 5.75 Å². The summed E-state index contributed by atoms with van der Waals surface area (Å²) in [5.74, 6) is -0.511. The van der Waals surface area contributed by atoms with Crippen LogP contribution in [-0.2, 0) is 21.4 Å². The molecule has 0 atom stereocenters. The van der Waals surface area contributed by atoms with Gasteiger partial charge in [0.25, 0.3) is 0 Å². The number of halogens is 1. The molecule has 0 amide bonds. The zero-order valence-electron chi connectivity index (χ0n) is 15.6. The van der Waals surface area contributed by atoms with Crippen LogP contribution in [0.1, 0.15) is 36.7 Å². The third-order valence-corrected chi connectivity index (χ3v) is 5.40. The lowest BCUT2D eigenvalue weighted by atomic mass is 10.1. The van der Waals surface area contributed by atoms with Crippen LogP contribution in [-0.4, -0.2) is 27.0 Å². The second-order valence-corrected chi connectivity index (χ2v) is 9.01. The lowest BCUT2D eigenvalue weighted by Gasteiger charge is -2.21. The number of hydrogen-bond donors (Lipinski definition) is 1. The minimum atomic E-state index is -3.89. The molecule has 0 radical (unpaired) electrons. The van der Waals surface area contributed by atoms with Gasteiger partial charge >= 0.3 is 5.97 Å². The van der Waals surface area contributed by atoms with Crippen molar-refractivity contribution < 1.29 is 22.7 Å². The highest BCUT2D eigenvalue weighted by atomic mass is 35.5. The summed E-state index contributed by atoms with van der Waals surface area (Å²) in [6.07, 6.45) is 0. The first kappa shape index (κ1) is 21.2. The van der Waals surface area contributed by atoms with E-state index in [1.165, 1.54) is 25.3 Å². The molecule has 2 aromatic rings. The van der Waals surface area contributed by atoms with Gasteiger partial charge in [-0.15, -0.1) is 0 Å². The fraction of sp³-hybridized carbons (Fsp3) is 0.316. The van der Waals surface area contributed by atoms with Crippen molar-refractivity contribution in [3.63, 3.8) is 0 Å². The maximum atomic E-state index is 12.7. The van der Waals surface area contributed by atoms with Gasteiger partial charge in [-0.1, -0.05) is 23.7 Å². The van der Waals surface area contributed by atoms with Gasteiger partial charge < -0.3 is 9.47 Å². The van der Waals surface area contributed by atoms with Crippen LogP contribution in [0.3, 0.4) is 0 Å². The van der Waals surface area contributed by atoms with Crippen molar-refractivity contribution in [1.82, 2.24) is 4.72 Å². The number of ether oxygens (including phenoxy) is 2. The molecule has 0 heterocycles. The zero-order chi connectivity index (χ0) is 20.2. The molecular formula is C19H22ClNO5S. The maximum absolute atomic E-state index is 12.7. The molecule has 0 aliphatic rings. The molecular weight excluding hydrogens is 390 g/mol. The molecule has 0 fully saturated rings. The number of benzene rings is 2. The molecule has 1 N–H and O–H groups in total. The zero-order valence-corrected chi connectivity index (χ0v) is 17.1. The summed E-state index contributed by atoms with van der Waals surface area (Å²) in [7, 11) is -2.53. The highest BCUT2D eigenvalue weighted by Crippen LogP contribution is 2.26. The molecule has 0 spiro atoms. The number of hydrogen-bond acceptors (Lipinski definition) is 5. The highest BCUT2D eigenvalue weighted by molar-refractivity contribution is 7.89. The molecule has 0 saturated heterocycles. The third-order valence-electron chi connectivity index (χ3n) is 3.39. The molecule has 0 aliphatic carbocycles. The minimum absolute atomic E-state index is 0.0216. The molecule has 8 heteroatoms. The van der Waals surface area contributed by atoms with Crippen LogP contribution < -0.4 is 9.46 Å². The summed E-state index contributed by atoms with van der Waals surface area (Å²) < 4.78 is 38.3. The van der Waals surface area contributed by atoms with E-state index >= 15 is 0 Å². The van der Waals surface area contributed by atoms with Gasteiger partial charge in [-0.2, -0.15) is 0 Å². The van der Waals surface area contributed by atoms with Crippen molar-refractivity contribution in [2.45, 2.75) is 37.8 Å². The monoisotopic (exact) mass is 411 g/mol. The number of carbonyl (C=O) groups is 1. The van der Waals surface area contributed by atoms with Crippen LogP contribution in [0.15, 0.2) is 47.4 Å². The SMILES string of the molecule is COc1ccc(C(=O)OCc2cccc(Cl)c2)cc1S(=O)(=O)NC(C)(C)C. The van der Waals surface area contributed by atoms with Gasteiger partial charge in [0.15, 0.2) is 0 Å². The highest BCUT2D eigenvalue weighted by Gasteiger charge is 2.26. The smallest absolute Gasteiger partial charge is 0.338 e. The number of esters is 1. The van der Waals surface area contributed by atoms with E-state index in [2.05, 4.69) is 4.72 Å². The predicted octanol–water partition coefficient (Wildman–Crippen LogP) is 3.78. The van der Waals surface area contributed by atoms with E-state index in [4.69, 9.17) is 21.1 Å². The van der Waals surface area contributed by atoms with Crippen LogP contribution in [0.2, 0.25) is 5.02 Å². The quantitative estimate of drug-likeness (QED) is 0.731. The molecule has 2 aromatic carbocycles. The van der Waals surface area contributed by atoms with E-state index in [0.717, 1.165) is 5.56 Å². The standard InChI is InChI=1S/C19H22ClNO5S/c1-19(2,3)21-27(23,24)17-11-14(8-9-16(17)25-4)18(22)26-12-13-6-5-7-15(20)10-13/h5-11,21H,12H2,1-4H3. The van der Waals surface area contributed by atoms with Crippen LogP contribution >= 0.6 is 11.6 Å². The molecule has 0 aliphatic heterocycles. The predicted molar refractivity (Wildman–Crippen MR) is 104 cm³/mol. The van der Waals surface area contributed by atoms with E-state index in [1.54, 1.807) is 45.0 Å². The van der Waals surface area contributed by atoms with E-state index < -0.39 is 21.5 Å². The van der Waals surface area contributed by atoms with Gasteiger partial charge in [-0.3, -0.25) is 0 Å². The Labute approximate surface area is 164 Å². The Balaban J connectivity index is 2.26. The van der Waals surface area contributed by atoms with Gasteiger partial charge in [-0.25, -0.2) is 17.9 Å². The molecule has 6 nitrogen and oxygen atoms in total. The van der Waals surface area contributed by atoms with E-state index in [9.17, 15) is 13.2 Å². The third kappa shape index (κ3) is 5.95. The van der Waals surface area contributed by atoms with Gasteiger partial charge in [-0.05, 0) is 56.7 Å². The van der Waals surface area contributed by atoms with E-state index in [0.29, 0.717) is 5.02 Å². The molecule has 2 rings (SSSR count). The Kier molecular flexibility index (Phi) is 6.51. The molecule has 0 aromatic heterocycles. The first-order valence-electron chi connectivity index (χ1n) is 8.15. The van der Waals surface area contributed by atoms with Crippen LogP contribution in [0.25, 0.3) is 0 Å². The second-order valence-electron chi connectivity index (χ2n) is 6.93. The summed E-state index contributed by atoms with van der Waals surface area (Å²) in [5, 5.41) is 0.537. The van der Waals surface area contributed by atoms with Crippen molar-refractivity contribution in [2.24, 2.45) is 0 Å². The first-order chi connectivity index (χ1) is 12.5. The summed E-state index contributed by atoms with van der Waals surface area (Å²) in [5.41, 5.74) is 0.145. The van der Waals surface area contributed by atoms with Crippen LogP contribution in [0.4, 0.5) is 0 Å². The molecule has 146 valence electrons. The second kappa shape index (κ2) is 8.29. The fourth-order valence-corrected chi connectivity index (χ4v) is 4.16. The van der Waals surface area contributed by atoms with Crippen molar-refractivity contribution in [2.75, 3.05) is 7.11 Å². The Hall–Kier alpha value is -2.09. The lowest BCUT2D eigenvalue weighted by Crippen LogP contribution is -2.40. The summed E-state index contributed by atoms with van der Waals surface area (Å²) in [6.45, 7) is 5.19. The average Bonchev–Trinajstić information content (AvgIpc) is 2.57. The average molecular weight is 412 g/mol. The Morgan fingerprint density at radius 2 is 1.85 bits per heavy atom. The molecule has 27 heavy (non-hydrogen) atoms. The topological polar surface area (TPSA) is 81.7 Å². The van der Waals surface area contributed by atoms with Crippen molar-refractivity contribution in [1.29, 1.82) is 0 Å². The Morgan fingerprint density at radius 1 is 1.15 bits per heavy atom. The Bertz CT molecular complexity index is 935. The number of sulfonamides is 1. The minimum Gasteiger partial charge on any atom is -0.495 e. The molecule has 0 unspecified atom stereocenters. The summed E-state index contributed by atoms with van der Waals surface area (Å²) in [4.78, 5) is 12.2. The molecule has 0 saturated carbocycles. The normalized spacial score (nSPS) is 11.9. The van der Waals surface area contributed by atoms with Gasteiger partial charge in [0.05, 0.1) is 12.7 Å². The largest absolute Gasteiger partial charge is 0.495 e. The van der Waals surface area contributed by atoms with Gasteiger partial charge in [0.2, 0.25) is 10.0 Å². The van der Waals surface area contributed by atoms with Crippen LogP contribution in [0, 0.1) is 0 Å². The van der Waals surface area contributed by atoms with Crippen molar-refractivity contribution in [3.8, 4) is 5.75 Å². The number of rotatable bonds is 6.